The van der Waals surface area contributed by atoms with Crippen LogP contribution in [-0.2, 0) is 39.5 Å². The van der Waals surface area contributed by atoms with E-state index in [-0.39, 0.29) is 62.6 Å². The first-order chi connectivity index (χ1) is 33.1. The average molecular weight is 975 g/mol. The molecule has 0 bridgehead atoms. The molecule has 1 aliphatic carbocycles. The Morgan fingerprint density at radius 2 is 1.42 bits per heavy atom. The Morgan fingerprint density at radius 3 is 2.01 bits per heavy atom. The second-order valence-corrected chi connectivity index (χ2v) is 18.9. The highest BCUT2D eigenvalue weighted by molar-refractivity contribution is 7.44. The Hall–Kier alpha value is -5.83. The largest absolute Gasteiger partial charge is 0.449 e. The summed E-state index contributed by atoms with van der Waals surface area (Å²) >= 11 is 0. The number of fused-ring (bicyclic) bond motifs is 3. The zero-order chi connectivity index (χ0) is 50.3. The highest BCUT2D eigenvalue weighted by atomic mass is 31.2. The fourth-order valence-corrected chi connectivity index (χ4v) is 9.46. The van der Waals surface area contributed by atoms with Crippen LogP contribution < -0.4 is 32.3 Å². The van der Waals surface area contributed by atoms with Gasteiger partial charge in [0.2, 0.25) is 11.8 Å². The summed E-state index contributed by atoms with van der Waals surface area (Å²) < 4.78 is 31.5. The first-order valence-electron chi connectivity index (χ1n) is 23.7. The molecule has 0 aliphatic heterocycles. The van der Waals surface area contributed by atoms with Crippen molar-refractivity contribution in [1.29, 1.82) is 5.26 Å². The number of nitrogens with one attached hydrogen (secondary N) is 5. The van der Waals surface area contributed by atoms with Crippen LogP contribution in [0.5, 0.6) is 0 Å². The Bertz CT molecular complexity index is 2100. The minimum atomic E-state index is -1.38. The molecule has 0 heterocycles. The predicted octanol–water partition coefficient (Wildman–Crippen LogP) is 7.83. The van der Waals surface area contributed by atoms with Crippen LogP contribution in [0, 0.1) is 17.2 Å². The summed E-state index contributed by atoms with van der Waals surface area (Å²) in [6.07, 6.45) is 0.436. The Labute approximate surface area is 408 Å². The van der Waals surface area contributed by atoms with E-state index in [2.05, 4.69) is 65.0 Å². The Morgan fingerprint density at radius 1 is 0.783 bits per heavy atom. The van der Waals surface area contributed by atoms with Gasteiger partial charge in [-0.1, -0.05) is 81.4 Å². The molecule has 69 heavy (non-hydrogen) atoms. The summed E-state index contributed by atoms with van der Waals surface area (Å²) in [6, 6.07) is 22.4. The van der Waals surface area contributed by atoms with Crippen molar-refractivity contribution in [3.8, 4) is 17.2 Å². The number of hydrogen-bond donors (Lipinski definition) is 6. The van der Waals surface area contributed by atoms with Gasteiger partial charge in [0, 0.05) is 43.4 Å². The number of alkyl carbamates (subject to hydrolysis) is 2. The molecule has 6 amide bonds. The van der Waals surface area contributed by atoms with Crippen LogP contribution in [0.2, 0.25) is 0 Å². The summed E-state index contributed by atoms with van der Waals surface area (Å²) in [6.45, 7) is 15.5. The minimum absolute atomic E-state index is 0.0198. The number of ether oxygens (including phenoxy) is 3. The maximum absolute atomic E-state index is 13.7. The molecule has 376 valence electrons. The number of anilines is 1. The molecule has 4 atom stereocenters. The molecule has 0 aromatic heterocycles. The highest BCUT2D eigenvalue weighted by Crippen LogP contribution is 2.47. The maximum atomic E-state index is 13.7. The van der Waals surface area contributed by atoms with Crippen molar-refractivity contribution in [1.82, 2.24) is 25.9 Å². The summed E-state index contributed by atoms with van der Waals surface area (Å²) in [7, 11) is -1.38. The van der Waals surface area contributed by atoms with E-state index in [1.54, 1.807) is 38.1 Å². The average Bonchev–Trinajstić information content (AvgIpc) is 3.64. The van der Waals surface area contributed by atoms with Gasteiger partial charge in [-0.2, -0.15) is 5.26 Å². The van der Waals surface area contributed by atoms with Crippen LogP contribution >= 0.6 is 8.53 Å². The van der Waals surface area contributed by atoms with E-state index in [0.29, 0.717) is 56.9 Å². The molecular formula is C50H71N8O10P. The molecule has 0 saturated carbocycles. The van der Waals surface area contributed by atoms with Crippen molar-refractivity contribution < 1.29 is 47.2 Å². The van der Waals surface area contributed by atoms with E-state index >= 15 is 0 Å². The number of hydrogen-bond acceptors (Lipinski definition) is 12. The quantitative estimate of drug-likeness (QED) is 0.0288. The van der Waals surface area contributed by atoms with Crippen LogP contribution in [0.25, 0.3) is 11.1 Å². The molecule has 0 radical (unpaired) electrons. The van der Waals surface area contributed by atoms with Gasteiger partial charge in [-0.25, -0.2) is 19.1 Å². The molecule has 7 N–H and O–H groups in total. The van der Waals surface area contributed by atoms with Gasteiger partial charge in [0.15, 0.2) is 0 Å². The van der Waals surface area contributed by atoms with Crippen molar-refractivity contribution in [2.24, 2.45) is 11.7 Å². The van der Waals surface area contributed by atoms with Crippen LogP contribution in [0.15, 0.2) is 72.8 Å². The number of nitrogens with zero attached hydrogens (tertiary/aromatic N) is 2. The third-order valence-electron chi connectivity index (χ3n) is 11.2. The number of benzene rings is 3. The number of carbonyl (C=O) groups is 5. The lowest BCUT2D eigenvalue weighted by Crippen LogP contribution is -2.54. The fourth-order valence-electron chi connectivity index (χ4n) is 7.69. The monoisotopic (exact) mass is 975 g/mol. The number of primary amides is 1. The number of amides is 6. The molecule has 2 unspecified atom stereocenters. The van der Waals surface area contributed by atoms with Crippen molar-refractivity contribution in [3.63, 3.8) is 0 Å². The van der Waals surface area contributed by atoms with Crippen molar-refractivity contribution in [2.75, 3.05) is 44.8 Å². The summed E-state index contributed by atoms with van der Waals surface area (Å²) in [5, 5.41) is 22.5. The van der Waals surface area contributed by atoms with Crippen molar-refractivity contribution >= 4 is 44.2 Å². The van der Waals surface area contributed by atoms with Gasteiger partial charge >= 0.3 is 18.2 Å². The molecule has 0 saturated heterocycles. The highest BCUT2D eigenvalue weighted by Gasteiger charge is 2.33. The Balaban J connectivity index is 1.22. The van der Waals surface area contributed by atoms with Crippen LogP contribution in [0.4, 0.5) is 20.1 Å². The second-order valence-electron chi connectivity index (χ2n) is 17.5. The standard InChI is InChI=1S/C50H71N8O10P/c1-8-38(68-69(67-29-14-25-51)58(34(4)5)35(6)7)31-64-28-15-27-54-49(62)65-30-36-21-23-37(24-22-36)55-46(59)44(20-13-26-53-48(52)61)56-47(60)45(33(2)3)57-50(63)66-32-43-41-18-11-9-16-39(41)40-17-10-12-19-42(40)43/h9-12,16-19,21-24,33-35,38,43-45H,8,13-15,20,26-32H2,1-7H3,(H,54,62)(H,55,59)(H,56,60)(H,57,63)(H3,52,53,61)/t38?,44-,45-,69?/m0/s1. The molecule has 3 aromatic rings. The van der Waals surface area contributed by atoms with Gasteiger partial charge in [0.1, 0.15) is 25.3 Å². The normalized spacial score (nSPS) is 13.7. The van der Waals surface area contributed by atoms with Crippen LogP contribution in [0.3, 0.4) is 0 Å². The number of nitriles is 1. The van der Waals surface area contributed by atoms with Crippen LogP contribution in [0.1, 0.15) is 103 Å². The molecular weight excluding hydrogens is 904 g/mol. The topological polar surface area (TPSA) is 245 Å². The molecule has 19 heteroatoms. The minimum Gasteiger partial charge on any atom is -0.449 e. The zero-order valence-corrected chi connectivity index (χ0v) is 41.9. The third-order valence-corrected chi connectivity index (χ3v) is 13.3. The van der Waals surface area contributed by atoms with Crippen LogP contribution in [-0.4, -0.2) is 104 Å². The summed E-state index contributed by atoms with van der Waals surface area (Å²) in [5.74, 6) is -1.64. The molecule has 4 rings (SSSR count). The molecule has 3 aromatic carbocycles. The van der Waals surface area contributed by atoms with Crippen molar-refractivity contribution in [3.05, 3.63) is 89.5 Å². The number of rotatable bonds is 29. The molecule has 1 aliphatic rings. The lowest BCUT2D eigenvalue weighted by atomic mass is 9.98. The van der Waals surface area contributed by atoms with E-state index in [1.165, 1.54) is 0 Å². The van der Waals surface area contributed by atoms with E-state index in [4.69, 9.17) is 34.3 Å². The summed E-state index contributed by atoms with van der Waals surface area (Å²) in [4.78, 5) is 64.3. The first kappa shape index (κ1) is 55.8. The molecule has 0 fully saturated rings. The number of carbonyl (C=O) groups excluding carboxylic acids is 5. The number of nitrogens with two attached hydrogens (primary N) is 1. The third kappa shape index (κ3) is 18.2. The lowest BCUT2D eigenvalue weighted by molar-refractivity contribution is -0.128. The molecule has 18 nitrogen and oxygen atoms in total. The van der Waals surface area contributed by atoms with E-state index in [1.807, 2.05) is 55.5 Å². The van der Waals surface area contributed by atoms with Gasteiger partial charge in [-0.05, 0) is 99.2 Å². The van der Waals surface area contributed by atoms with E-state index in [9.17, 15) is 24.0 Å². The van der Waals surface area contributed by atoms with Gasteiger partial charge < -0.3 is 55.6 Å². The summed E-state index contributed by atoms with van der Waals surface area (Å²) in [5.41, 5.74) is 10.6. The van der Waals surface area contributed by atoms with E-state index in [0.717, 1.165) is 22.3 Å². The second kappa shape index (κ2) is 29.3. The predicted molar refractivity (Wildman–Crippen MR) is 265 cm³/mol. The smallest absolute Gasteiger partial charge is 0.407 e. The zero-order valence-electron chi connectivity index (χ0n) is 41.0. The SMILES string of the molecule is CCC(COCCCNC(=O)OCc1ccc(NC(=O)[C@H](CCCNC(N)=O)NC(=O)[C@@H](NC(=O)OCC2c3ccccc3-c3ccccc32)C(C)C)cc1)OP(OCCC#N)N(C(C)C)C(C)C. The van der Waals surface area contributed by atoms with Gasteiger partial charge in [0.25, 0.3) is 8.53 Å². The lowest BCUT2D eigenvalue weighted by Gasteiger charge is -2.37. The maximum Gasteiger partial charge on any atom is 0.407 e. The number of urea groups is 1. The fraction of sp³-hybridized carbons (Fsp3) is 0.520. The first-order valence-corrected chi connectivity index (χ1v) is 24.8. The Kier molecular flexibility index (Phi) is 23.6. The van der Waals surface area contributed by atoms with Crippen molar-refractivity contribution in [2.45, 2.75) is 123 Å². The van der Waals surface area contributed by atoms with Gasteiger partial charge in [0.05, 0.1) is 31.8 Å². The van der Waals surface area contributed by atoms with Gasteiger partial charge in [-0.3, -0.25) is 9.59 Å². The molecule has 0 spiro atoms. The van der Waals surface area contributed by atoms with Gasteiger partial charge in [-0.15, -0.1) is 0 Å². The van der Waals surface area contributed by atoms with E-state index < -0.39 is 50.6 Å².